The van der Waals surface area contributed by atoms with Crippen molar-refractivity contribution in [2.45, 2.75) is 20.3 Å². The highest BCUT2D eigenvalue weighted by atomic mass is 16.1. The molecule has 0 radical (unpaired) electrons. The van der Waals surface area contributed by atoms with E-state index in [9.17, 15) is 4.79 Å². The topological polar surface area (TPSA) is 47.8 Å². The number of benzene rings is 1. The Kier molecular flexibility index (Phi) is 3.29. The van der Waals surface area contributed by atoms with Crippen molar-refractivity contribution in [3.63, 3.8) is 0 Å². The Balaban J connectivity index is 2.02. The van der Waals surface area contributed by atoms with Crippen LogP contribution < -0.4 is 0 Å². The highest BCUT2D eigenvalue weighted by Crippen LogP contribution is 2.21. The van der Waals surface area contributed by atoms with Crippen LogP contribution >= 0.6 is 0 Å². The summed E-state index contributed by atoms with van der Waals surface area (Å²) in [7, 11) is 1.90. The number of carbonyl (C=O) groups excluding carboxylic acids is 1. The number of nitrogens with zero attached hydrogens (tertiary/aromatic N) is 3. The predicted octanol–water partition coefficient (Wildman–Crippen LogP) is 3.01. The first-order chi connectivity index (χ1) is 10.1. The van der Waals surface area contributed by atoms with Gasteiger partial charge in [0, 0.05) is 48.1 Å². The Bertz CT molecular complexity index is 828. The molecule has 3 aromatic rings. The van der Waals surface area contributed by atoms with Crippen LogP contribution in [0.3, 0.4) is 0 Å². The van der Waals surface area contributed by atoms with Crippen molar-refractivity contribution in [2.75, 3.05) is 0 Å². The van der Waals surface area contributed by atoms with E-state index < -0.39 is 0 Å². The maximum absolute atomic E-state index is 12.7. The molecule has 0 aliphatic heterocycles. The van der Waals surface area contributed by atoms with Gasteiger partial charge in [0.15, 0.2) is 5.78 Å². The molecule has 0 spiro atoms. The van der Waals surface area contributed by atoms with Gasteiger partial charge in [0.2, 0.25) is 0 Å². The van der Waals surface area contributed by atoms with Gasteiger partial charge in [-0.1, -0.05) is 18.2 Å². The molecule has 0 N–H and O–H groups in total. The number of rotatable bonds is 3. The lowest BCUT2D eigenvalue weighted by molar-refractivity contribution is 0.0994. The van der Waals surface area contributed by atoms with Gasteiger partial charge in [-0.2, -0.15) is 5.10 Å². The van der Waals surface area contributed by atoms with Crippen molar-refractivity contribution in [1.82, 2.24) is 14.8 Å². The molecule has 0 unspecified atom stereocenters. The summed E-state index contributed by atoms with van der Waals surface area (Å²) in [6, 6.07) is 7.70. The van der Waals surface area contributed by atoms with Crippen LogP contribution in [-0.4, -0.2) is 20.5 Å². The van der Waals surface area contributed by atoms with Gasteiger partial charge >= 0.3 is 0 Å². The third kappa shape index (κ3) is 2.33. The molecule has 4 heteroatoms. The summed E-state index contributed by atoms with van der Waals surface area (Å²) in [5.74, 6) is 0.104. The van der Waals surface area contributed by atoms with Gasteiger partial charge in [-0.25, -0.2) is 0 Å². The van der Waals surface area contributed by atoms with E-state index in [1.807, 2.05) is 49.8 Å². The zero-order valence-corrected chi connectivity index (χ0v) is 12.4. The summed E-state index contributed by atoms with van der Waals surface area (Å²) < 4.78 is 1.82. The molecule has 0 saturated carbocycles. The minimum atomic E-state index is 0.104. The number of Topliss-reactive ketones (excluding diaryl/α,β-unsaturated/α-hetero) is 1. The van der Waals surface area contributed by atoms with Gasteiger partial charge in [0.05, 0.1) is 5.69 Å². The maximum Gasteiger partial charge on any atom is 0.168 e. The van der Waals surface area contributed by atoms with Crippen molar-refractivity contribution in [3.05, 3.63) is 59.2 Å². The Labute approximate surface area is 123 Å². The van der Waals surface area contributed by atoms with E-state index in [4.69, 9.17) is 0 Å². The minimum absolute atomic E-state index is 0.104. The first-order valence-electron chi connectivity index (χ1n) is 6.93. The molecule has 0 bridgehead atoms. The Morgan fingerprint density at radius 1 is 1.24 bits per heavy atom. The van der Waals surface area contributed by atoms with Crippen LogP contribution in [0.1, 0.15) is 27.3 Å². The van der Waals surface area contributed by atoms with Crippen molar-refractivity contribution in [1.29, 1.82) is 0 Å². The molecule has 1 aromatic carbocycles. The molecule has 0 saturated heterocycles. The normalized spacial score (nSPS) is 11.0. The first-order valence-corrected chi connectivity index (χ1v) is 6.93. The lowest BCUT2D eigenvalue weighted by Crippen LogP contribution is -2.06. The maximum atomic E-state index is 12.7. The van der Waals surface area contributed by atoms with Gasteiger partial charge in [-0.3, -0.25) is 14.5 Å². The fourth-order valence-corrected chi connectivity index (χ4v) is 2.69. The second-order valence-electron chi connectivity index (χ2n) is 5.28. The molecule has 4 nitrogen and oxygen atoms in total. The highest BCUT2D eigenvalue weighted by molar-refractivity contribution is 6.08. The van der Waals surface area contributed by atoms with Crippen LogP contribution in [0.4, 0.5) is 0 Å². The van der Waals surface area contributed by atoms with Crippen molar-refractivity contribution in [2.24, 2.45) is 7.05 Å². The number of hydrogen-bond acceptors (Lipinski definition) is 3. The first kappa shape index (κ1) is 13.5. The Morgan fingerprint density at radius 2 is 2.05 bits per heavy atom. The molecule has 106 valence electrons. The molecule has 21 heavy (non-hydrogen) atoms. The number of pyridine rings is 1. The van der Waals surface area contributed by atoms with Gasteiger partial charge in [-0.05, 0) is 25.3 Å². The molecular formula is C17H17N3O. The summed E-state index contributed by atoms with van der Waals surface area (Å²) in [4.78, 5) is 16.8. The van der Waals surface area contributed by atoms with E-state index in [0.717, 1.165) is 33.3 Å². The van der Waals surface area contributed by atoms with Gasteiger partial charge in [0.1, 0.15) is 0 Å². The van der Waals surface area contributed by atoms with E-state index in [1.54, 1.807) is 12.4 Å². The van der Waals surface area contributed by atoms with Crippen LogP contribution in [0.25, 0.3) is 10.8 Å². The van der Waals surface area contributed by atoms with E-state index in [2.05, 4.69) is 10.1 Å². The zero-order valence-electron chi connectivity index (χ0n) is 12.4. The SMILES string of the molecule is Cc1nn(C)c(C)c1CC(=O)c1cccc2ccncc12. The average molecular weight is 279 g/mol. The van der Waals surface area contributed by atoms with Gasteiger partial charge in [-0.15, -0.1) is 0 Å². The largest absolute Gasteiger partial charge is 0.294 e. The van der Waals surface area contributed by atoms with Crippen LogP contribution in [0.2, 0.25) is 0 Å². The summed E-state index contributed by atoms with van der Waals surface area (Å²) in [5.41, 5.74) is 3.70. The van der Waals surface area contributed by atoms with Gasteiger partial charge in [0.25, 0.3) is 0 Å². The number of fused-ring (bicyclic) bond motifs is 1. The second kappa shape index (κ2) is 5.13. The highest BCUT2D eigenvalue weighted by Gasteiger charge is 2.16. The number of aromatic nitrogens is 3. The molecule has 0 aliphatic rings. The van der Waals surface area contributed by atoms with E-state index >= 15 is 0 Å². The van der Waals surface area contributed by atoms with E-state index in [-0.39, 0.29) is 5.78 Å². The number of carbonyl (C=O) groups is 1. The lowest BCUT2D eigenvalue weighted by atomic mass is 9.98. The van der Waals surface area contributed by atoms with Gasteiger partial charge < -0.3 is 0 Å². The molecule has 2 aromatic heterocycles. The number of ketones is 1. The van der Waals surface area contributed by atoms with Crippen molar-refractivity contribution < 1.29 is 4.79 Å². The lowest BCUT2D eigenvalue weighted by Gasteiger charge is -2.06. The molecule has 2 heterocycles. The van der Waals surface area contributed by atoms with E-state index in [0.29, 0.717) is 6.42 Å². The van der Waals surface area contributed by atoms with E-state index in [1.165, 1.54) is 0 Å². The summed E-state index contributed by atoms with van der Waals surface area (Å²) in [6.45, 7) is 3.94. The summed E-state index contributed by atoms with van der Waals surface area (Å²) in [6.07, 6.45) is 3.87. The number of aryl methyl sites for hydroxylation is 2. The minimum Gasteiger partial charge on any atom is -0.294 e. The number of hydrogen-bond donors (Lipinski definition) is 0. The molecule has 0 aliphatic carbocycles. The quantitative estimate of drug-likeness (QED) is 0.692. The zero-order chi connectivity index (χ0) is 15.0. The second-order valence-corrected chi connectivity index (χ2v) is 5.28. The van der Waals surface area contributed by atoms with Crippen LogP contribution in [0.15, 0.2) is 36.7 Å². The smallest absolute Gasteiger partial charge is 0.168 e. The fraction of sp³-hybridized carbons (Fsp3) is 0.235. The molecular weight excluding hydrogens is 262 g/mol. The molecule has 0 amide bonds. The van der Waals surface area contributed by atoms with Crippen molar-refractivity contribution >= 4 is 16.6 Å². The van der Waals surface area contributed by atoms with Crippen molar-refractivity contribution in [3.8, 4) is 0 Å². The molecule has 0 atom stereocenters. The Hall–Kier alpha value is -2.49. The molecule has 3 rings (SSSR count). The fourth-order valence-electron chi connectivity index (χ4n) is 2.69. The molecule has 0 fully saturated rings. The summed E-state index contributed by atoms with van der Waals surface area (Å²) >= 11 is 0. The summed E-state index contributed by atoms with van der Waals surface area (Å²) in [5, 5.41) is 6.32. The Morgan fingerprint density at radius 3 is 2.76 bits per heavy atom. The third-order valence-electron chi connectivity index (χ3n) is 3.98. The van der Waals surface area contributed by atoms with Crippen LogP contribution in [0, 0.1) is 13.8 Å². The predicted molar refractivity (Wildman–Crippen MR) is 82.5 cm³/mol. The monoisotopic (exact) mass is 279 g/mol. The van der Waals surface area contributed by atoms with Crippen LogP contribution in [-0.2, 0) is 13.5 Å². The third-order valence-corrected chi connectivity index (χ3v) is 3.98. The van der Waals surface area contributed by atoms with Crippen LogP contribution in [0.5, 0.6) is 0 Å². The standard InChI is InChI=1S/C17H17N3O/c1-11-15(12(2)20(3)19-11)9-17(21)14-6-4-5-13-7-8-18-10-16(13)14/h4-8,10H,9H2,1-3H3. The average Bonchev–Trinajstić information content (AvgIpc) is 2.73.